The first-order chi connectivity index (χ1) is 13.7. The number of aryl methyl sites for hydroxylation is 1. The SMILES string of the molecule is CCCC1CCN(Cc2c(C)cnc3c2ncn3Cc2ccc(OC)cc2)C1. The monoisotopic (exact) mass is 378 g/mol. The number of ether oxygens (including phenoxy) is 1. The highest BCUT2D eigenvalue weighted by molar-refractivity contribution is 5.76. The van der Waals surface area contributed by atoms with Crippen LogP contribution in [0.2, 0.25) is 0 Å². The molecular formula is C23H30N4O. The highest BCUT2D eigenvalue weighted by Gasteiger charge is 2.23. The van der Waals surface area contributed by atoms with Crippen molar-refractivity contribution in [1.29, 1.82) is 0 Å². The lowest BCUT2D eigenvalue weighted by molar-refractivity contribution is 0.313. The summed E-state index contributed by atoms with van der Waals surface area (Å²) in [5, 5.41) is 0. The van der Waals surface area contributed by atoms with Crippen molar-refractivity contribution in [2.45, 2.75) is 46.2 Å². The first-order valence-corrected chi connectivity index (χ1v) is 10.3. The minimum absolute atomic E-state index is 0.762. The van der Waals surface area contributed by atoms with Crippen molar-refractivity contribution >= 4 is 11.2 Å². The number of rotatable bonds is 7. The first-order valence-electron chi connectivity index (χ1n) is 10.3. The molecule has 1 aliphatic heterocycles. The third-order valence-corrected chi connectivity index (χ3v) is 5.91. The van der Waals surface area contributed by atoms with Crippen LogP contribution in [0.1, 0.15) is 42.9 Å². The number of benzene rings is 1. The molecular weight excluding hydrogens is 348 g/mol. The lowest BCUT2D eigenvalue weighted by Gasteiger charge is -2.18. The molecule has 1 atom stereocenters. The highest BCUT2D eigenvalue weighted by Crippen LogP contribution is 2.26. The summed E-state index contributed by atoms with van der Waals surface area (Å²) >= 11 is 0. The summed E-state index contributed by atoms with van der Waals surface area (Å²) < 4.78 is 7.40. The van der Waals surface area contributed by atoms with E-state index in [2.05, 4.69) is 35.4 Å². The van der Waals surface area contributed by atoms with Crippen LogP contribution in [0.5, 0.6) is 5.75 Å². The maximum absolute atomic E-state index is 5.25. The number of hydrogen-bond acceptors (Lipinski definition) is 4. The Morgan fingerprint density at radius 1 is 1.14 bits per heavy atom. The first kappa shape index (κ1) is 18.9. The Kier molecular flexibility index (Phi) is 5.62. The Hall–Kier alpha value is -2.40. The Labute approximate surface area is 167 Å². The number of fused-ring (bicyclic) bond motifs is 1. The van der Waals surface area contributed by atoms with E-state index >= 15 is 0 Å². The normalized spacial score (nSPS) is 17.5. The van der Waals surface area contributed by atoms with Gasteiger partial charge >= 0.3 is 0 Å². The maximum Gasteiger partial charge on any atom is 0.160 e. The van der Waals surface area contributed by atoms with Crippen molar-refractivity contribution in [3.63, 3.8) is 0 Å². The average Bonchev–Trinajstić information content (AvgIpc) is 3.32. The van der Waals surface area contributed by atoms with Gasteiger partial charge in [-0.1, -0.05) is 25.5 Å². The molecule has 1 aliphatic rings. The maximum atomic E-state index is 5.25. The second-order valence-electron chi connectivity index (χ2n) is 7.99. The summed E-state index contributed by atoms with van der Waals surface area (Å²) in [7, 11) is 1.69. The van der Waals surface area contributed by atoms with E-state index in [0.717, 1.165) is 35.9 Å². The van der Waals surface area contributed by atoms with Crippen LogP contribution in [-0.4, -0.2) is 39.6 Å². The molecule has 0 saturated carbocycles. The summed E-state index contributed by atoms with van der Waals surface area (Å²) in [5.74, 6) is 1.73. The molecule has 0 spiro atoms. The van der Waals surface area contributed by atoms with Gasteiger partial charge in [0.15, 0.2) is 5.65 Å². The summed E-state index contributed by atoms with van der Waals surface area (Å²) in [5.41, 5.74) is 5.80. The number of aromatic nitrogens is 3. The van der Waals surface area contributed by atoms with E-state index in [0.29, 0.717) is 0 Å². The van der Waals surface area contributed by atoms with Crippen molar-refractivity contribution in [1.82, 2.24) is 19.4 Å². The minimum atomic E-state index is 0.762. The van der Waals surface area contributed by atoms with Crippen molar-refractivity contribution in [3.8, 4) is 5.75 Å². The minimum Gasteiger partial charge on any atom is -0.497 e. The lowest BCUT2D eigenvalue weighted by atomic mass is 10.0. The van der Waals surface area contributed by atoms with Gasteiger partial charge < -0.3 is 9.30 Å². The Balaban J connectivity index is 1.56. The third-order valence-electron chi connectivity index (χ3n) is 5.91. The van der Waals surface area contributed by atoms with Crippen LogP contribution >= 0.6 is 0 Å². The number of imidazole rings is 1. The van der Waals surface area contributed by atoms with Crippen LogP contribution in [0.25, 0.3) is 11.2 Å². The van der Waals surface area contributed by atoms with Crippen LogP contribution in [0.15, 0.2) is 36.8 Å². The van der Waals surface area contributed by atoms with Crippen LogP contribution < -0.4 is 4.74 Å². The number of nitrogens with zero attached hydrogens (tertiary/aromatic N) is 4. The van der Waals surface area contributed by atoms with Crippen LogP contribution in [0.3, 0.4) is 0 Å². The van der Waals surface area contributed by atoms with Gasteiger partial charge in [0.25, 0.3) is 0 Å². The van der Waals surface area contributed by atoms with Gasteiger partial charge in [0.1, 0.15) is 11.3 Å². The number of hydrogen-bond donors (Lipinski definition) is 0. The molecule has 0 radical (unpaired) electrons. The van der Waals surface area contributed by atoms with Crippen LogP contribution in [0, 0.1) is 12.8 Å². The molecule has 3 heterocycles. The van der Waals surface area contributed by atoms with E-state index in [1.807, 2.05) is 24.7 Å². The predicted molar refractivity (Wildman–Crippen MR) is 113 cm³/mol. The van der Waals surface area contributed by atoms with Gasteiger partial charge in [0, 0.05) is 24.8 Å². The fraction of sp³-hybridized carbons (Fsp3) is 0.478. The molecule has 0 amide bonds. The Bertz CT molecular complexity index is 932. The standard InChI is InChI=1S/C23H30N4O/c1-4-5-18-10-11-26(13-18)15-21-17(2)12-24-23-22(21)25-16-27(23)14-19-6-8-20(28-3)9-7-19/h6-9,12,16,18H,4-5,10-11,13-15H2,1-3H3. The Morgan fingerprint density at radius 2 is 1.96 bits per heavy atom. The molecule has 0 aliphatic carbocycles. The fourth-order valence-corrected chi connectivity index (χ4v) is 4.31. The smallest absolute Gasteiger partial charge is 0.160 e. The molecule has 28 heavy (non-hydrogen) atoms. The molecule has 1 unspecified atom stereocenters. The topological polar surface area (TPSA) is 43.2 Å². The van der Waals surface area contributed by atoms with Gasteiger partial charge in [0.05, 0.1) is 20.0 Å². The molecule has 3 aromatic rings. The summed E-state index contributed by atoms with van der Waals surface area (Å²) in [6.07, 6.45) is 7.88. The third kappa shape index (κ3) is 3.90. The predicted octanol–water partition coefficient (Wildman–Crippen LogP) is 4.42. The van der Waals surface area contributed by atoms with Crippen molar-refractivity contribution in [2.24, 2.45) is 5.92 Å². The average molecular weight is 379 g/mol. The van der Waals surface area contributed by atoms with Crippen molar-refractivity contribution in [3.05, 3.63) is 53.5 Å². The molecule has 0 N–H and O–H groups in total. The summed E-state index contributed by atoms with van der Waals surface area (Å²) in [6.45, 7) is 8.59. The van der Waals surface area contributed by atoms with Gasteiger partial charge in [-0.3, -0.25) is 4.90 Å². The summed E-state index contributed by atoms with van der Waals surface area (Å²) in [6, 6.07) is 8.19. The highest BCUT2D eigenvalue weighted by atomic mass is 16.5. The molecule has 4 rings (SSSR count). The van der Waals surface area contributed by atoms with E-state index in [4.69, 9.17) is 14.7 Å². The number of methoxy groups -OCH3 is 1. The Morgan fingerprint density at radius 3 is 2.71 bits per heavy atom. The fourth-order valence-electron chi connectivity index (χ4n) is 4.31. The van der Waals surface area contributed by atoms with E-state index in [-0.39, 0.29) is 0 Å². The van der Waals surface area contributed by atoms with Crippen molar-refractivity contribution < 1.29 is 4.74 Å². The molecule has 5 nitrogen and oxygen atoms in total. The lowest BCUT2D eigenvalue weighted by Crippen LogP contribution is -2.21. The molecule has 2 aromatic heterocycles. The molecule has 148 valence electrons. The summed E-state index contributed by atoms with van der Waals surface area (Å²) in [4.78, 5) is 12.1. The number of pyridine rings is 1. The van der Waals surface area contributed by atoms with Gasteiger partial charge in [-0.2, -0.15) is 0 Å². The second kappa shape index (κ2) is 8.31. The zero-order valence-corrected chi connectivity index (χ0v) is 17.2. The zero-order chi connectivity index (χ0) is 19.5. The van der Waals surface area contributed by atoms with Crippen molar-refractivity contribution in [2.75, 3.05) is 20.2 Å². The zero-order valence-electron chi connectivity index (χ0n) is 17.2. The van der Waals surface area contributed by atoms with Gasteiger partial charge in [-0.05, 0) is 55.5 Å². The van der Waals surface area contributed by atoms with E-state index in [1.54, 1.807) is 7.11 Å². The van der Waals surface area contributed by atoms with Gasteiger partial charge in [0.2, 0.25) is 0 Å². The van der Waals surface area contributed by atoms with Crippen LogP contribution in [0.4, 0.5) is 0 Å². The van der Waals surface area contributed by atoms with E-state index in [9.17, 15) is 0 Å². The second-order valence-corrected chi connectivity index (χ2v) is 7.99. The largest absolute Gasteiger partial charge is 0.497 e. The van der Waals surface area contributed by atoms with Crippen LogP contribution in [-0.2, 0) is 13.1 Å². The van der Waals surface area contributed by atoms with Gasteiger partial charge in [-0.25, -0.2) is 9.97 Å². The quantitative estimate of drug-likeness (QED) is 0.610. The number of likely N-dealkylation sites (tertiary alicyclic amines) is 1. The molecule has 5 heteroatoms. The van der Waals surface area contributed by atoms with Gasteiger partial charge in [-0.15, -0.1) is 0 Å². The molecule has 1 aromatic carbocycles. The van der Waals surface area contributed by atoms with E-state index in [1.165, 1.54) is 49.0 Å². The molecule has 1 fully saturated rings. The van der Waals surface area contributed by atoms with E-state index < -0.39 is 0 Å². The molecule has 1 saturated heterocycles. The molecule has 0 bridgehead atoms.